The van der Waals surface area contributed by atoms with E-state index in [-0.39, 0.29) is 51.5 Å². The summed E-state index contributed by atoms with van der Waals surface area (Å²) in [7, 11) is 0. The van der Waals surface area contributed by atoms with E-state index in [1.165, 1.54) is 12.1 Å². The van der Waals surface area contributed by atoms with Crippen molar-refractivity contribution in [3.05, 3.63) is 63.9 Å². The maximum Gasteiger partial charge on any atom is 0.237 e. The van der Waals surface area contributed by atoms with Crippen LogP contribution in [0.5, 0.6) is 0 Å². The molecular weight excluding hydrogens is 529 g/mol. The van der Waals surface area contributed by atoms with Crippen molar-refractivity contribution < 1.29 is 27.9 Å². The molecule has 3 aliphatic rings. The van der Waals surface area contributed by atoms with Crippen LogP contribution in [0.25, 0.3) is 0 Å². The number of carbonyl (C=O) groups is 2. The highest BCUT2D eigenvalue weighted by atomic mass is 35.5. The predicted octanol–water partition coefficient (Wildman–Crippen LogP) is 6.02. The third kappa shape index (κ3) is 4.89. The summed E-state index contributed by atoms with van der Waals surface area (Å²) in [5, 5.41) is 15.9. The Morgan fingerprint density at radius 3 is 2.44 bits per heavy atom. The summed E-state index contributed by atoms with van der Waals surface area (Å²) in [6, 6.07) is 4.76. The second-order valence-corrected chi connectivity index (χ2v) is 13.0. The molecule has 5 rings (SSSR count). The fourth-order valence-electron chi connectivity index (χ4n) is 6.98. The molecule has 2 fully saturated rings. The Hall–Kier alpha value is -2.42. The minimum absolute atomic E-state index is 0.0569. The minimum Gasteiger partial charge on any atom is -0.393 e. The van der Waals surface area contributed by atoms with Crippen molar-refractivity contribution in [1.29, 1.82) is 0 Å². The number of nitrogens with one attached hydrogen (secondary N) is 2. The number of hydrogen-bond acceptors (Lipinski definition) is 4. The summed E-state index contributed by atoms with van der Waals surface area (Å²) < 4.78 is 44.8. The van der Waals surface area contributed by atoms with Gasteiger partial charge in [-0.3, -0.25) is 9.59 Å². The van der Waals surface area contributed by atoms with Gasteiger partial charge < -0.3 is 15.7 Å². The van der Waals surface area contributed by atoms with Gasteiger partial charge in [0.2, 0.25) is 5.91 Å². The van der Waals surface area contributed by atoms with Gasteiger partial charge in [0.25, 0.3) is 0 Å². The molecule has 1 aliphatic carbocycles. The number of ketones is 1. The number of rotatable bonds is 5. The molecule has 2 aromatic rings. The predicted molar refractivity (Wildman–Crippen MR) is 143 cm³/mol. The number of aliphatic hydroxyl groups is 1. The van der Waals surface area contributed by atoms with Gasteiger partial charge in [-0.1, -0.05) is 44.5 Å². The molecule has 1 saturated heterocycles. The molecule has 0 aromatic heterocycles. The van der Waals surface area contributed by atoms with Gasteiger partial charge in [0.15, 0.2) is 17.4 Å². The largest absolute Gasteiger partial charge is 0.393 e. The summed E-state index contributed by atoms with van der Waals surface area (Å²) in [4.78, 5) is 28.1. The second-order valence-electron chi connectivity index (χ2n) is 12.6. The zero-order valence-electron chi connectivity index (χ0n) is 22.3. The van der Waals surface area contributed by atoms with Gasteiger partial charge in [-0.2, -0.15) is 0 Å². The highest BCUT2D eigenvalue weighted by Crippen LogP contribution is 2.57. The number of amides is 1. The van der Waals surface area contributed by atoms with E-state index in [0.717, 1.165) is 12.1 Å². The number of benzene rings is 2. The Bertz CT molecular complexity index is 1310. The molecule has 4 atom stereocenters. The Labute approximate surface area is 231 Å². The fourth-order valence-corrected chi connectivity index (χ4v) is 7.16. The average Bonchev–Trinajstić information content (AvgIpc) is 3.32. The third-order valence-electron chi connectivity index (χ3n) is 8.67. The second kappa shape index (κ2) is 10.2. The van der Waals surface area contributed by atoms with E-state index in [2.05, 4.69) is 10.6 Å². The zero-order valence-corrected chi connectivity index (χ0v) is 23.0. The summed E-state index contributed by atoms with van der Waals surface area (Å²) in [5.41, 5.74) is -1.53. The van der Waals surface area contributed by atoms with Crippen LogP contribution in [0.15, 0.2) is 30.3 Å². The molecule has 39 heavy (non-hydrogen) atoms. The van der Waals surface area contributed by atoms with Crippen molar-refractivity contribution in [2.75, 3.05) is 5.32 Å². The Kier molecular flexibility index (Phi) is 7.36. The van der Waals surface area contributed by atoms with Crippen molar-refractivity contribution in [3.8, 4) is 0 Å². The fraction of sp³-hybridized carbons (Fsp3) is 0.533. The van der Waals surface area contributed by atoms with Crippen LogP contribution < -0.4 is 10.6 Å². The highest BCUT2D eigenvalue weighted by Gasteiger charge is 2.66. The summed E-state index contributed by atoms with van der Waals surface area (Å²) in [6.07, 6.45) is 2.84. The van der Waals surface area contributed by atoms with E-state index in [1.54, 1.807) is 6.07 Å². The first kappa shape index (κ1) is 28.1. The number of hydrogen-bond donors (Lipinski definition) is 3. The van der Waals surface area contributed by atoms with Gasteiger partial charge >= 0.3 is 0 Å². The van der Waals surface area contributed by atoms with Gasteiger partial charge in [-0.15, -0.1) is 0 Å². The van der Waals surface area contributed by atoms with E-state index < -0.39 is 46.8 Å². The van der Waals surface area contributed by atoms with Crippen LogP contribution in [0.3, 0.4) is 0 Å². The molecule has 0 unspecified atom stereocenters. The third-order valence-corrected chi connectivity index (χ3v) is 8.96. The van der Waals surface area contributed by atoms with Crippen LogP contribution in [0.4, 0.5) is 18.9 Å². The quantitative estimate of drug-likeness (QED) is 0.416. The molecular formula is C30H34ClF3N2O3. The van der Waals surface area contributed by atoms with Crippen LogP contribution in [0.1, 0.15) is 76.3 Å². The van der Waals surface area contributed by atoms with Crippen molar-refractivity contribution in [1.82, 2.24) is 5.32 Å². The van der Waals surface area contributed by atoms with Crippen LogP contribution in [0, 0.1) is 28.8 Å². The van der Waals surface area contributed by atoms with Crippen molar-refractivity contribution in [2.24, 2.45) is 11.3 Å². The lowest BCUT2D eigenvalue weighted by Crippen LogP contribution is -2.49. The molecule has 3 N–H and O–H groups in total. The Balaban J connectivity index is 1.69. The minimum atomic E-state index is -1.59. The number of anilines is 1. The molecule has 2 heterocycles. The molecule has 9 heteroatoms. The van der Waals surface area contributed by atoms with Crippen LogP contribution in [-0.2, 0) is 15.0 Å². The number of carbonyl (C=O) groups excluding carboxylic acids is 2. The molecule has 0 bridgehead atoms. The molecule has 5 nitrogen and oxygen atoms in total. The maximum absolute atomic E-state index is 15.8. The van der Waals surface area contributed by atoms with Crippen molar-refractivity contribution >= 4 is 29.0 Å². The lowest BCUT2D eigenvalue weighted by atomic mass is 9.62. The SMILES string of the molecule is CC(C)(C)C[C@@H]1N[C@@H](C(=O)CC2CCC(O)CC2)[C@H](c2cccc(Cl)c2F)[C@]12C(=O)Nc1cc(F)c(F)cc12. The lowest BCUT2D eigenvalue weighted by Gasteiger charge is -2.38. The van der Waals surface area contributed by atoms with E-state index >= 15 is 4.39 Å². The molecule has 1 amide bonds. The number of aliphatic hydroxyl groups excluding tert-OH is 1. The van der Waals surface area contributed by atoms with Gasteiger partial charge in [-0.25, -0.2) is 13.2 Å². The number of halogens is 4. The lowest BCUT2D eigenvalue weighted by molar-refractivity contribution is -0.123. The van der Waals surface area contributed by atoms with Crippen molar-refractivity contribution in [2.45, 2.75) is 88.8 Å². The van der Waals surface area contributed by atoms with Gasteiger partial charge in [-0.05, 0) is 66.7 Å². The first-order chi connectivity index (χ1) is 18.3. The van der Waals surface area contributed by atoms with Crippen LogP contribution >= 0.6 is 11.6 Å². The van der Waals surface area contributed by atoms with Crippen molar-refractivity contribution in [3.63, 3.8) is 0 Å². The maximum atomic E-state index is 15.8. The van der Waals surface area contributed by atoms with Crippen LogP contribution in [0.2, 0.25) is 5.02 Å². The molecule has 2 aliphatic heterocycles. The van der Waals surface area contributed by atoms with Crippen LogP contribution in [-0.4, -0.2) is 35.0 Å². The van der Waals surface area contributed by atoms with E-state index in [4.69, 9.17) is 11.6 Å². The molecule has 1 saturated carbocycles. The smallest absolute Gasteiger partial charge is 0.237 e. The van der Waals surface area contributed by atoms with E-state index in [9.17, 15) is 23.5 Å². The number of fused-ring (bicyclic) bond motifs is 2. The molecule has 0 radical (unpaired) electrons. The van der Waals surface area contributed by atoms with Gasteiger partial charge in [0, 0.05) is 30.1 Å². The molecule has 2 aromatic carbocycles. The van der Waals surface area contributed by atoms with E-state index in [0.29, 0.717) is 32.1 Å². The zero-order chi connectivity index (χ0) is 28.3. The average molecular weight is 563 g/mol. The van der Waals surface area contributed by atoms with Gasteiger partial charge in [0.1, 0.15) is 11.2 Å². The summed E-state index contributed by atoms with van der Waals surface area (Å²) >= 11 is 6.20. The number of Topliss-reactive ketones (excluding diaryl/α,β-unsaturated/α-hetero) is 1. The summed E-state index contributed by atoms with van der Waals surface area (Å²) in [5.74, 6) is -4.70. The Morgan fingerprint density at radius 1 is 1.10 bits per heavy atom. The molecule has 1 spiro atoms. The standard InChI is InChI=1S/C30H34ClF3N2O3/c1-29(2,3)14-24-30(18-12-20(32)21(33)13-22(18)35-28(30)39)25(17-5-4-6-19(31)26(17)34)27(36-24)23(38)11-15-7-9-16(37)10-8-15/h4-6,12-13,15-16,24-25,27,36-37H,7-11,14H2,1-3H3,(H,35,39)/t15?,16?,24-,25-,27-,30+/m0/s1. The first-order valence-corrected chi connectivity index (χ1v) is 13.9. The summed E-state index contributed by atoms with van der Waals surface area (Å²) in [6.45, 7) is 5.95. The van der Waals surface area contributed by atoms with Gasteiger partial charge in [0.05, 0.1) is 17.2 Å². The van der Waals surface area contributed by atoms with E-state index in [1.807, 2.05) is 20.8 Å². The Morgan fingerprint density at radius 2 is 1.77 bits per heavy atom. The molecule has 210 valence electrons. The topological polar surface area (TPSA) is 78.4 Å². The first-order valence-electron chi connectivity index (χ1n) is 13.5. The highest BCUT2D eigenvalue weighted by molar-refractivity contribution is 6.30. The normalized spacial score (nSPS) is 30.5. The monoisotopic (exact) mass is 562 g/mol.